The van der Waals surface area contributed by atoms with E-state index in [2.05, 4.69) is 12.2 Å². The first-order valence-electron chi connectivity index (χ1n) is 9.93. The van der Waals surface area contributed by atoms with Crippen LogP contribution in [0.5, 0.6) is 0 Å². The predicted octanol–water partition coefficient (Wildman–Crippen LogP) is 4.49. The lowest BCUT2D eigenvalue weighted by Gasteiger charge is -2.24. The molecular formula is C23H25NO2. The van der Waals surface area contributed by atoms with Gasteiger partial charge in [0.1, 0.15) is 0 Å². The Morgan fingerprint density at radius 3 is 2.12 bits per heavy atom. The zero-order chi connectivity index (χ0) is 18.0. The highest BCUT2D eigenvalue weighted by Crippen LogP contribution is 2.58. The minimum Gasteiger partial charge on any atom is -0.274 e. The Morgan fingerprint density at radius 2 is 1.50 bits per heavy atom. The molecule has 1 aliphatic heterocycles. The Labute approximate surface area is 154 Å². The summed E-state index contributed by atoms with van der Waals surface area (Å²) in [5, 5.41) is 0. The second-order valence-electron chi connectivity index (χ2n) is 8.41. The van der Waals surface area contributed by atoms with Gasteiger partial charge in [0, 0.05) is 11.8 Å². The van der Waals surface area contributed by atoms with E-state index in [1.807, 2.05) is 32.0 Å². The minimum atomic E-state index is -0.179. The summed E-state index contributed by atoms with van der Waals surface area (Å²) >= 11 is 0. The van der Waals surface area contributed by atoms with E-state index in [1.165, 1.54) is 29.7 Å². The van der Waals surface area contributed by atoms with Gasteiger partial charge in [-0.15, -0.1) is 0 Å². The Hall–Kier alpha value is -2.16. The smallest absolute Gasteiger partial charge is 0.238 e. The number of allylic oxidation sites excluding steroid dienone is 4. The van der Waals surface area contributed by atoms with Gasteiger partial charge in [-0.1, -0.05) is 41.9 Å². The average molecular weight is 347 g/mol. The summed E-state index contributed by atoms with van der Waals surface area (Å²) in [6, 6.07) is 6.01. The summed E-state index contributed by atoms with van der Waals surface area (Å²) in [5.41, 5.74) is 5.82. The fourth-order valence-corrected chi connectivity index (χ4v) is 5.70. The van der Waals surface area contributed by atoms with E-state index in [0.29, 0.717) is 0 Å². The van der Waals surface area contributed by atoms with Gasteiger partial charge in [0.05, 0.1) is 17.5 Å². The van der Waals surface area contributed by atoms with Crippen LogP contribution in [-0.4, -0.2) is 11.8 Å². The van der Waals surface area contributed by atoms with Crippen molar-refractivity contribution in [2.75, 3.05) is 4.90 Å². The highest BCUT2D eigenvalue weighted by Gasteiger charge is 2.62. The second-order valence-corrected chi connectivity index (χ2v) is 8.41. The van der Waals surface area contributed by atoms with E-state index in [4.69, 9.17) is 0 Å². The number of benzene rings is 1. The van der Waals surface area contributed by atoms with Gasteiger partial charge in [-0.2, -0.15) is 0 Å². The normalized spacial score (nSPS) is 32.8. The highest BCUT2D eigenvalue weighted by molar-refractivity contribution is 6.23. The third-order valence-electron chi connectivity index (χ3n) is 6.89. The van der Waals surface area contributed by atoms with Crippen LogP contribution < -0.4 is 4.90 Å². The molecule has 2 amide bonds. The van der Waals surface area contributed by atoms with Gasteiger partial charge in [-0.25, -0.2) is 4.90 Å². The molecule has 3 nitrogen and oxygen atoms in total. The van der Waals surface area contributed by atoms with Crippen LogP contribution in [0.2, 0.25) is 0 Å². The van der Waals surface area contributed by atoms with Crippen LogP contribution in [0.4, 0.5) is 5.69 Å². The highest BCUT2D eigenvalue weighted by atomic mass is 16.2. The molecule has 0 aromatic heterocycles. The van der Waals surface area contributed by atoms with Gasteiger partial charge in [-0.3, -0.25) is 9.59 Å². The van der Waals surface area contributed by atoms with Gasteiger partial charge in [0.2, 0.25) is 11.8 Å². The predicted molar refractivity (Wildman–Crippen MR) is 102 cm³/mol. The van der Waals surface area contributed by atoms with Crippen molar-refractivity contribution >= 4 is 17.5 Å². The SMILES string of the molecule is Cc1ccc(C)c(N2C(=O)[C@@H]3[C@@H](C2=O)[C@H]2C=C[C@@H]3C2=C2CCCCC2)c1. The van der Waals surface area contributed by atoms with E-state index in [1.54, 1.807) is 5.57 Å². The van der Waals surface area contributed by atoms with Crippen LogP contribution in [0, 0.1) is 37.5 Å². The van der Waals surface area contributed by atoms with Crippen LogP contribution in [0.3, 0.4) is 0 Å². The first kappa shape index (κ1) is 16.0. The van der Waals surface area contributed by atoms with Crippen molar-refractivity contribution in [2.45, 2.75) is 46.0 Å². The van der Waals surface area contributed by atoms with Crippen molar-refractivity contribution in [3.05, 3.63) is 52.6 Å². The van der Waals surface area contributed by atoms with E-state index in [0.717, 1.165) is 29.7 Å². The van der Waals surface area contributed by atoms with Gasteiger partial charge >= 0.3 is 0 Å². The molecule has 26 heavy (non-hydrogen) atoms. The molecule has 1 aromatic carbocycles. The standard InChI is InChI=1S/C23H25NO2/c1-13-8-9-14(2)18(12-13)24-22(25)20-16-10-11-17(21(20)23(24)26)19(16)15-6-4-3-5-7-15/h8-12,16-17,20-21H,3-7H2,1-2H3/t16-,17+,20-,21-/m0/s1. The van der Waals surface area contributed by atoms with Crippen molar-refractivity contribution in [2.24, 2.45) is 23.7 Å². The fraction of sp³-hybridized carbons (Fsp3) is 0.478. The summed E-state index contributed by atoms with van der Waals surface area (Å²) < 4.78 is 0. The van der Waals surface area contributed by atoms with Crippen LogP contribution in [0.15, 0.2) is 41.5 Å². The van der Waals surface area contributed by atoms with Crippen LogP contribution in [0.1, 0.15) is 43.2 Å². The number of hydrogen-bond donors (Lipinski definition) is 0. The van der Waals surface area contributed by atoms with E-state index < -0.39 is 0 Å². The number of nitrogens with zero attached hydrogens (tertiary/aromatic N) is 1. The van der Waals surface area contributed by atoms with Crippen LogP contribution in [0.25, 0.3) is 0 Å². The molecule has 0 N–H and O–H groups in total. The molecule has 0 unspecified atom stereocenters. The molecule has 5 rings (SSSR count). The van der Waals surface area contributed by atoms with Crippen LogP contribution >= 0.6 is 0 Å². The van der Waals surface area contributed by atoms with Crippen molar-refractivity contribution < 1.29 is 9.59 Å². The number of anilines is 1. The summed E-state index contributed by atoms with van der Waals surface area (Å²) in [6.45, 7) is 3.98. The molecule has 3 aliphatic carbocycles. The summed E-state index contributed by atoms with van der Waals surface area (Å²) in [7, 11) is 0. The number of aryl methyl sites for hydroxylation is 2. The molecule has 1 saturated heterocycles. The molecule has 3 fully saturated rings. The average Bonchev–Trinajstić information content (AvgIpc) is 3.28. The molecule has 0 spiro atoms. The summed E-state index contributed by atoms with van der Waals surface area (Å²) in [5.74, 6) is -0.0167. The fourth-order valence-electron chi connectivity index (χ4n) is 5.70. The monoisotopic (exact) mass is 347 g/mol. The number of amides is 2. The van der Waals surface area contributed by atoms with Crippen LogP contribution in [-0.2, 0) is 9.59 Å². The number of carbonyl (C=O) groups is 2. The van der Waals surface area contributed by atoms with E-state index >= 15 is 0 Å². The minimum absolute atomic E-state index is 0.0134. The van der Waals surface area contributed by atoms with Crippen molar-refractivity contribution in [1.29, 1.82) is 0 Å². The van der Waals surface area contributed by atoms with Crippen molar-refractivity contribution in [3.63, 3.8) is 0 Å². The maximum atomic E-state index is 13.3. The van der Waals surface area contributed by atoms with Gasteiger partial charge < -0.3 is 0 Å². The summed E-state index contributed by atoms with van der Waals surface area (Å²) in [4.78, 5) is 28.1. The van der Waals surface area contributed by atoms with Crippen molar-refractivity contribution in [3.8, 4) is 0 Å². The molecule has 1 aromatic rings. The van der Waals surface area contributed by atoms with Gasteiger partial charge in [0.25, 0.3) is 0 Å². The number of rotatable bonds is 1. The summed E-state index contributed by atoms with van der Waals surface area (Å²) in [6.07, 6.45) is 10.6. The zero-order valence-corrected chi connectivity index (χ0v) is 15.5. The third kappa shape index (κ3) is 2.06. The van der Waals surface area contributed by atoms with E-state index in [-0.39, 0.29) is 35.5 Å². The molecule has 4 atom stereocenters. The number of hydrogen-bond acceptors (Lipinski definition) is 2. The number of fused-ring (bicyclic) bond motifs is 5. The molecular weight excluding hydrogens is 322 g/mol. The molecule has 2 saturated carbocycles. The van der Waals surface area contributed by atoms with E-state index in [9.17, 15) is 9.59 Å². The molecule has 0 radical (unpaired) electrons. The first-order chi connectivity index (χ1) is 12.6. The topological polar surface area (TPSA) is 37.4 Å². The Kier molecular flexibility index (Phi) is 3.50. The Balaban J connectivity index is 1.55. The lowest BCUT2D eigenvalue weighted by molar-refractivity contribution is -0.122. The largest absolute Gasteiger partial charge is 0.274 e. The zero-order valence-electron chi connectivity index (χ0n) is 15.5. The maximum absolute atomic E-state index is 13.3. The lowest BCUT2D eigenvalue weighted by Crippen LogP contribution is -2.34. The van der Waals surface area contributed by atoms with Gasteiger partial charge in [0.15, 0.2) is 0 Å². The molecule has 3 heteroatoms. The molecule has 2 bridgehead atoms. The Morgan fingerprint density at radius 1 is 0.885 bits per heavy atom. The second kappa shape index (κ2) is 5.67. The number of carbonyl (C=O) groups excluding carboxylic acids is 2. The Bertz CT molecular complexity index is 836. The third-order valence-corrected chi connectivity index (χ3v) is 6.89. The maximum Gasteiger partial charge on any atom is 0.238 e. The molecule has 4 aliphatic rings. The quantitative estimate of drug-likeness (QED) is 0.555. The molecule has 134 valence electrons. The van der Waals surface area contributed by atoms with Gasteiger partial charge in [-0.05, 0) is 56.7 Å². The lowest BCUT2D eigenvalue weighted by atomic mass is 9.85. The molecule has 1 heterocycles. The first-order valence-corrected chi connectivity index (χ1v) is 9.93. The van der Waals surface area contributed by atoms with Crippen molar-refractivity contribution in [1.82, 2.24) is 0 Å². The number of imide groups is 1.